The maximum Gasteiger partial charge on any atom is 0.338 e. The predicted octanol–water partition coefficient (Wildman–Crippen LogP) is 5.26. The maximum absolute atomic E-state index is 11.5. The van der Waals surface area contributed by atoms with Crippen LogP contribution in [-0.2, 0) is 4.74 Å². The summed E-state index contributed by atoms with van der Waals surface area (Å²) >= 11 is 1.45. The van der Waals surface area contributed by atoms with E-state index in [0.29, 0.717) is 28.9 Å². The molecule has 0 aliphatic carbocycles. The number of carboxylic acids is 1. The molecule has 3 heterocycles. The third kappa shape index (κ3) is 6.37. The van der Waals surface area contributed by atoms with Gasteiger partial charge in [0.05, 0.1) is 31.0 Å². The molecule has 0 spiro atoms. The molecule has 0 saturated carbocycles. The molecule has 9 nitrogen and oxygen atoms in total. The highest BCUT2D eigenvalue weighted by atomic mass is 32.2. The number of thioether (sulfide) groups is 1. The van der Waals surface area contributed by atoms with Gasteiger partial charge in [-0.05, 0) is 57.4 Å². The second-order valence-corrected chi connectivity index (χ2v) is 10.4. The molecule has 0 amide bonds. The average Bonchev–Trinajstić information content (AvgIpc) is 3.39. The van der Waals surface area contributed by atoms with Crippen LogP contribution in [0.2, 0.25) is 0 Å². The minimum atomic E-state index is -0.966. The first-order chi connectivity index (χ1) is 17.3. The zero-order valence-electron chi connectivity index (χ0n) is 20.7. The highest BCUT2D eigenvalue weighted by molar-refractivity contribution is 7.99. The molecule has 1 saturated heterocycles. The summed E-state index contributed by atoms with van der Waals surface area (Å²) in [6.07, 6.45) is 8.26. The van der Waals surface area contributed by atoms with E-state index in [9.17, 15) is 9.90 Å². The number of oxazole rings is 1. The number of anilines is 1. The summed E-state index contributed by atoms with van der Waals surface area (Å²) in [4.78, 5) is 19.7. The van der Waals surface area contributed by atoms with Gasteiger partial charge in [-0.3, -0.25) is 5.32 Å². The molecule has 3 aromatic rings. The van der Waals surface area contributed by atoms with Gasteiger partial charge in [0, 0.05) is 35.7 Å². The Bertz CT molecular complexity index is 1160. The number of carboxylic acid groups (broad SMARTS) is 1. The molecule has 2 aromatic heterocycles. The van der Waals surface area contributed by atoms with E-state index in [1.807, 2.05) is 18.2 Å². The summed E-state index contributed by atoms with van der Waals surface area (Å²) in [7, 11) is 1.63. The molecule has 1 aliphatic heterocycles. The molecule has 4 rings (SSSR count). The van der Waals surface area contributed by atoms with Crippen LogP contribution in [0, 0.1) is 0 Å². The third-order valence-electron chi connectivity index (χ3n) is 6.02. The van der Waals surface area contributed by atoms with Gasteiger partial charge in [0.25, 0.3) is 0 Å². The van der Waals surface area contributed by atoms with E-state index < -0.39 is 11.8 Å². The largest absolute Gasteiger partial charge is 0.496 e. The summed E-state index contributed by atoms with van der Waals surface area (Å²) in [5.74, 6) is 0.294. The monoisotopic (exact) mass is 512 g/mol. The minimum Gasteiger partial charge on any atom is -0.496 e. The van der Waals surface area contributed by atoms with E-state index in [4.69, 9.17) is 13.9 Å². The van der Waals surface area contributed by atoms with Crippen LogP contribution in [0.5, 0.6) is 5.75 Å². The molecule has 10 heteroatoms. The number of ether oxygens (including phenoxy) is 2. The second-order valence-electron chi connectivity index (χ2n) is 9.31. The summed E-state index contributed by atoms with van der Waals surface area (Å²) in [5, 5.41) is 17.2. The van der Waals surface area contributed by atoms with Gasteiger partial charge in [-0.15, -0.1) is 11.8 Å². The molecule has 36 heavy (non-hydrogen) atoms. The molecule has 3 N–H and O–H groups in total. The lowest BCUT2D eigenvalue weighted by atomic mass is 9.98. The summed E-state index contributed by atoms with van der Waals surface area (Å²) in [6, 6.07) is 9.06. The van der Waals surface area contributed by atoms with Crippen molar-refractivity contribution in [1.29, 1.82) is 0 Å². The van der Waals surface area contributed by atoms with E-state index in [1.54, 1.807) is 31.6 Å². The lowest BCUT2D eigenvalue weighted by Gasteiger charge is -2.45. The van der Waals surface area contributed by atoms with Crippen molar-refractivity contribution >= 4 is 23.4 Å². The van der Waals surface area contributed by atoms with Gasteiger partial charge in [-0.1, -0.05) is 0 Å². The quantitative estimate of drug-likeness (QED) is 0.232. The topological polar surface area (TPSA) is 119 Å². The fourth-order valence-electron chi connectivity index (χ4n) is 4.26. The summed E-state index contributed by atoms with van der Waals surface area (Å²) in [6.45, 7) is 4.90. The molecule has 1 unspecified atom stereocenters. The maximum atomic E-state index is 11.5. The van der Waals surface area contributed by atoms with E-state index in [-0.39, 0.29) is 11.1 Å². The average molecular weight is 513 g/mol. The highest BCUT2D eigenvalue weighted by Gasteiger charge is 2.38. The lowest BCUT2D eigenvalue weighted by Crippen LogP contribution is -2.62. The molecular weight excluding hydrogens is 480 g/mol. The van der Waals surface area contributed by atoms with E-state index in [2.05, 4.69) is 34.4 Å². The zero-order valence-corrected chi connectivity index (χ0v) is 21.6. The van der Waals surface area contributed by atoms with Crippen molar-refractivity contribution in [2.45, 2.75) is 55.9 Å². The normalized spacial score (nSPS) is 18.1. The zero-order chi connectivity index (χ0) is 25.6. The van der Waals surface area contributed by atoms with E-state index in [1.165, 1.54) is 18.2 Å². The van der Waals surface area contributed by atoms with Crippen molar-refractivity contribution in [3.05, 3.63) is 54.7 Å². The molecule has 192 valence electrons. The second kappa shape index (κ2) is 11.3. The third-order valence-corrected chi connectivity index (χ3v) is 7.03. The number of hydrogen-bond donors (Lipinski definition) is 3. The van der Waals surface area contributed by atoms with Gasteiger partial charge < -0.3 is 24.3 Å². The van der Waals surface area contributed by atoms with Gasteiger partial charge in [0.15, 0.2) is 18.0 Å². The molecule has 0 radical (unpaired) electrons. The van der Waals surface area contributed by atoms with Crippen molar-refractivity contribution in [2.24, 2.45) is 0 Å². The smallest absolute Gasteiger partial charge is 0.338 e. The number of pyridine rings is 1. The molecule has 1 fully saturated rings. The number of carbonyl (C=O) groups is 1. The van der Waals surface area contributed by atoms with Crippen LogP contribution in [-0.4, -0.2) is 51.9 Å². The van der Waals surface area contributed by atoms with Crippen LogP contribution in [0.15, 0.2) is 58.6 Å². The predicted molar refractivity (Wildman–Crippen MR) is 138 cm³/mol. The summed E-state index contributed by atoms with van der Waals surface area (Å²) in [5.41, 5.74) is 1.60. The van der Waals surface area contributed by atoms with Crippen LogP contribution in [0.1, 0.15) is 49.9 Å². The Kier molecular flexibility index (Phi) is 8.17. The molecule has 0 bridgehead atoms. The molecule has 1 atom stereocenters. The highest BCUT2D eigenvalue weighted by Crippen LogP contribution is 2.35. The Morgan fingerprint density at radius 3 is 2.86 bits per heavy atom. The fourth-order valence-corrected chi connectivity index (χ4v) is 5.51. The summed E-state index contributed by atoms with van der Waals surface area (Å²) < 4.78 is 17.4. The fraction of sp³-hybridized carbons (Fsp3) is 0.423. The Morgan fingerprint density at radius 2 is 2.17 bits per heavy atom. The van der Waals surface area contributed by atoms with Gasteiger partial charge in [-0.25, -0.2) is 14.8 Å². The van der Waals surface area contributed by atoms with Crippen LogP contribution in [0.4, 0.5) is 5.69 Å². The van der Waals surface area contributed by atoms with Crippen LogP contribution < -0.4 is 15.4 Å². The Hall–Kier alpha value is -3.08. The number of aromatic nitrogens is 2. The standard InChI is InChI=1S/C26H32N4O5S/c1-25(2,11-14-36-23-20(24(31)32)7-6-12-28-23)30-26(10-4-5-13-35-26)29-18-8-9-19(21(15-18)33-3)22-16-27-17-34-22/h6-9,12,15-17,29-30H,4-5,10-11,13-14H2,1-3H3,(H,31,32). The number of nitrogens with one attached hydrogen (secondary N) is 2. The van der Waals surface area contributed by atoms with Gasteiger partial charge in [0.1, 0.15) is 10.8 Å². The van der Waals surface area contributed by atoms with Crippen molar-refractivity contribution in [1.82, 2.24) is 15.3 Å². The van der Waals surface area contributed by atoms with Crippen molar-refractivity contribution in [3.8, 4) is 17.1 Å². The van der Waals surface area contributed by atoms with Crippen molar-refractivity contribution in [2.75, 3.05) is 24.8 Å². The number of nitrogens with zero attached hydrogens (tertiary/aromatic N) is 2. The number of hydrogen-bond acceptors (Lipinski definition) is 9. The van der Waals surface area contributed by atoms with Crippen molar-refractivity contribution in [3.63, 3.8) is 0 Å². The Balaban J connectivity index is 1.46. The lowest BCUT2D eigenvalue weighted by molar-refractivity contribution is -0.0959. The van der Waals surface area contributed by atoms with E-state index in [0.717, 1.165) is 36.9 Å². The van der Waals surface area contributed by atoms with E-state index >= 15 is 0 Å². The number of benzene rings is 1. The van der Waals surface area contributed by atoms with Crippen LogP contribution in [0.25, 0.3) is 11.3 Å². The Labute approximate surface area is 215 Å². The van der Waals surface area contributed by atoms with Crippen molar-refractivity contribution < 1.29 is 23.8 Å². The molecule has 1 aliphatic rings. The first kappa shape index (κ1) is 26.0. The number of methoxy groups -OCH3 is 1. The number of rotatable bonds is 11. The van der Waals surface area contributed by atoms with Gasteiger partial charge >= 0.3 is 5.97 Å². The first-order valence-electron chi connectivity index (χ1n) is 11.9. The molecule has 1 aromatic carbocycles. The number of aromatic carboxylic acids is 1. The Morgan fingerprint density at radius 1 is 1.31 bits per heavy atom. The van der Waals surface area contributed by atoms with Gasteiger partial charge in [0.2, 0.25) is 0 Å². The SMILES string of the molecule is COc1cc(NC2(NC(C)(C)CCSc3ncccc3C(=O)O)CCCCO2)ccc1-c1cnco1. The van der Waals surface area contributed by atoms with Crippen LogP contribution in [0.3, 0.4) is 0 Å². The van der Waals surface area contributed by atoms with Crippen LogP contribution >= 0.6 is 11.8 Å². The first-order valence-corrected chi connectivity index (χ1v) is 12.9. The van der Waals surface area contributed by atoms with Gasteiger partial charge in [-0.2, -0.15) is 0 Å². The minimum absolute atomic E-state index is 0.227. The molecular formula is C26H32N4O5S.